The third-order valence-electron chi connectivity index (χ3n) is 11.7. The number of carbonyl (C=O) groups excluding carboxylic acids is 1. The van der Waals surface area contributed by atoms with Crippen molar-refractivity contribution < 1.29 is 19.0 Å². The molecule has 0 saturated carbocycles. The third-order valence-corrected chi connectivity index (χ3v) is 12.8. The van der Waals surface area contributed by atoms with E-state index in [1.54, 1.807) is 11.8 Å². The Bertz CT molecular complexity index is 1300. The standard InChI is InChI=1S/C54H109N3O4S/c1-41(35-50(21,22)57(49(18,19)20)31-30-56(47(12,13)14)48(15,16)17)59-33-34-61-53(27,28)43(58)36-55-42(2)62-52(25,26)29-32-60-51(23,24)40-54(37-44(3,4)5,38-45(6,7)8)39-46(9,10)11/h41,55H,2,29-40H2,1,3-28H3. The number of ether oxygens (including phenoxy) is 3. The molecule has 0 amide bonds. The lowest BCUT2D eigenvalue weighted by atomic mass is 9.58. The van der Waals surface area contributed by atoms with Crippen LogP contribution in [0.25, 0.3) is 0 Å². The number of thioether (sulfide) groups is 1. The zero-order valence-electron chi connectivity index (χ0n) is 46.7. The van der Waals surface area contributed by atoms with Crippen LogP contribution in [0.4, 0.5) is 0 Å². The van der Waals surface area contributed by atoms with Gasteiger partial charge in [-0.05, 0) is 171 Å². The molecule has 1 atom stereocenters. The van der Waals surface area contributed by atoms with Crippen LogP contribution in [0.15, 0.2) is 11.6 Å². The van der Waals surface area contributed by atoms with Gasteiger partial charge in [-0.15, -0.1) is 11.8 Å². The Morgan fingerprint density at radius 1 is 0.581 bits per heavy atom. The first kappa shape index (κ1) is 61.4. The fourth-order valence-electron chi connectivity index (χ4n) is 11.0. The zero-order chi connectivity index (χ0) is 49.4. The first-order chi connectivity index (χ1) is 27.1. The van der Waals surface area contributed by atoms with Crippen LogP contribution >= 0.6 is 11.8 Å². The van der Waals surface area contributed by atoms with Gasteiger partial charge in [0.1, 0.15) is 5.60 Å². The van der Waals surface area contributed by atoms with Gasteiger partial charge >= 0.3 is 0 Å². The molecule has 0 radical (unpaired) electrons. The van der Waals surface area contributed by atoms with Crippen LogP contribution in [0.5, 0.6) is 0 Å². The van der Waals surface area contributed by atoms with Crippen LogP contribution < -0.4 is 5.32 Å². The van der Waals surface area contributed by atoms with E-state index in [1.807, 2.05) is 13.8 Å². The van der Waals surface area contributed by atoms with Crippen LogP contribution in [0.2, 0.25) is 0 Å². The molecule has 0 aromatic rings. The second-order valence-electron chi connectivity index (χ2n) is 28.2. The molecule has 0 aromatic heterocycles. The largest absolute Gasteiger partial charge is 0.376 e. The molecular formula is C54H109N3O4S. The van der Waals surface area contributed by atoms with Crippen molar-refractivity contribution in [2.24, 2.45) is 21.7 Å². The molecule has 0 aliphatic carbocycles. The van der Waals surface area contributed by atoms with E-state index in [-0.39, 0.29) is 72.6 Å². The molecule has 0 aliphatic rings. The Labute approximate surface area is 392 Å². The lowest BCUT2D eigenvalue weighted by Gasteiger charge is -2.51. The molecule has 0 spiro atoms. The Kier molecular flexibility index (Phi) is 22.2. The average Bonchev–Trinajstić information content (AvgIpc) is 2.94. The molecule has 0 aliphatic heterocycles. The van der Waals surface area contributed by atoms with Gasteiger partial charge in [-0.3, -0.25) is 14.6 Å². The maximum Gasteiger partial charge on any atom is 0.182 e. The first-order valence-corrected chi connectivity index (χ1v) is 25.0. The minimum atomic E-state index is -0.948. The van der Waals surface area contributed by atoms with Gasteiger partial charge in [0, 0.05) is 46.6 Å². The highest BCUT2D eigenvalue weighted by Gasteiger charge is 2.45. The van der Waals surface area contributed by atoms with Crippen molar-refractivity contribution in [2.75, 3.05) is 39.5 Å². The normalized spacial score (nSPS) is 15.4. The molecular weight excluding hydrogens is 787 g/mol. The third kappa shape index (κ3) is 25.3. The van der Waals surface area contributed by atoms with E-state index in [4.69, 9.17) is 14.2 Å². The Hall–Kier alpha value is -0.640. The number of hydrogen-bond donors (Lipinski definition) is 1. The van der Waals surface area contributed by atoms with Gasteiger partial charge in [0.05, 0.1) is 36.5 Å². The van der Waals surface area contributed by atoms with E-state index >= 15 is 0 Å². The quantitative estimate of drug-likeness (QED) is 0.0862. The molecule has 0 saturated heterocycles. The number of carbonyl (C=O) groups is 1. The molecule has 0 bridgehead atoms. The molecule has 62 heavy (non-hydrogen) atoms. The van der Waals surface area contributed by atoms with Crippen molar-refractivity contribution in [3.8, 4) is 0 Å². The van der Waals surface area contributed by atoms with Crippen molar-refractivity contribution in [2.45, 2.75) is 270 Å². The van der Waals surface area contributed by atoms with Gasteiger partial charge in [-0.1, -0.05) is 82.7 Å². The molecule has 370 valence electrons. The summed E-state index contributed by atoms with van der Waals surface area (Å²) < 4.78 is 19.1. The number of Topliss-reactive ketones (excluding diaryl/α,β-unsaturated/α-hetero) is 1. The van der Waals surface area contributed by atoms with Crippen LogP contribution in [0, 0.1) is 21.7 Å². The summed E-state index contributed by atoms with van der Waals surface area (Å²) in [6, 6.07) is 0. The maximum absolute atomic E-state index is 13.4. The fourth-order valence-corrected chi connectivity index (χ4v) is 12.0. The summed E-state index contributed by atoms with van der Waals surface area (Å²) in [5.74, 6) is -0.0130. The first-order valence-electron chi connectivity index (χ1n) is 24.2. The van der Waals surface area contributed by atoms with E-state index in [1.165, 1.54) is 19.3 Å². The number of nitrogens with one attached hydrogen (secondary N) is 1. The average molecular weight is 897 g/mol. The van der Waals surface area contributed by atoms with Gasteiger partial charge in [0.2, 0.25) is 0 Å². The molecule has 1 N–H and O–H groups in total. The predicted octanol–water partition coefficient (Wildman–Crippen LogP) is 14.4. The predicted molar refractivity (Wildman–Crippen MR) is 275 cm³/mol. The van der Waals surface area contributed by atoms with Crippen molar-refractivity contribution in [1.82, 2.24) is 15.1 Å². The summed E-state index contributed by atoms with van der Waals surface area (Å²) in [5.41, 5.74) is -0.308. The summed E-state index contributed by atoms with van der Waals surface area (Å²) >= 11 is 1.68. The summed E-state index contributed by atoms with van der Waals surface area (Å²) in [4.78, 5) is 18.6. The number of ketones is 1. The van der Waals surface area contributed by atoms with Gasteiger partial charge in [0.25, 0.3) is 0 Å². The highest BCUT2D eigenvalue weighted by molar-refractivity contribution is 8.04. The van der Waals surface area contributed by atoms with E-state index in [0.29, 0.717) is 19.8 Å². The number of nitrogens with zero attached hydrogens (tertiary/aromatic N) is 2. The fraction of sp³-hybridized carbons (Fsp3) is 0.944. The van der Waals surface area contributed by atoms with Crippen molar-refractivity contribution in [3.05, 3.63) is 11.6 Å². The smallest absolute Gasteiger partial charge is 0.182 e. The highest BCUT2D eigenvalue weighted by Crippen LogP contribution is 2.53. The molecule has 0 heterocycles. The molecule has 0 rings (SSSR count). The van der Waals surface area contributed by atoms with Gasteiger partial charge < -0.3 is 19.5 Å². The monoisotopic (exact) mass is 896 g/mol. The number of rotatable bonds is 26. The van der Waals surface area contributed by atoms with E-state index in [9.17, 15) is 4.79 Å². The SMILES string of the molecule is C=C(NCC(=O)C(C)(C)OCCOC(C)CC(C)(C)N(CCN(C(C)(C)C)C(C)(C)C)C(C)(C)C)SC(C)(C)CCOC(C)(C)CC(CC(C)(C)C)(CC(C)(C)C)CC(C)(C)C. The van der Waals surface area contributed by atoms with E-state index in [0.717, 1.165) is 37.4 Å². The van der Waals surface area contributed by atoms with Crippen molar-refractivity contribution >= 4 is 17.5 Å². The highest BCUT2D eigenvalue weighted by atomic mass is 32.2. The number of hydrogen-bond acceptors (Lipinski definition) is 8. The molecule has 0 fully saturated rings. The summed E-state index contributed by atoms with van der Waals surface area (Å²) in [6.07, 6.45) is 6.33. The second kappa shape index (κ2) is 22.4. The van der Waals surface area contributed by atoms with Crippen LogP contribution in [0.3, 0.4) is 0 Å². The molecule has 8 heteroatoms. The topological polar surface area (TPSA) is 63.3 Å². The Morgan fingerprint density at radius 3 is 1.40 bits per heavy atom. The van der Waals surface area contributed by atoms with Crippen LogP contribution in [0.1, 0.15) is 225 Å². The van der Waals surface area contributed by atoms with Crippen molar-refractivity contribution in [1.29, 1.82) is 0 Å². The minimum absolute atomic E-state index is 0.00471. The molecule has 1 unspecified atom stereocenters. The second-order valence-corrected chi connectivity index (χ2v) is 30.0. The van der Waals surface area contributed by atoms with Gasteiger partial charge in [-0.2, -0.15) is 0 Å². The summed E-state index contributed by atoms with van der Waals surface area (Å²) in [7, 11) is 0. The molecule has 7 nitrogen and oxygen atoms in total. The van der Waals surface area contributed by atoms with Crippen LogP contribution in [-0.4, -0.2) is 99.2 Å². The summed E-state index contributed by atoms with van der Waals surface area (Å²) in [5, 5.41) is 4.08. The Balaban J connectivity index is 5.25. The lowest BCUT2D eigenvalue weighted by Crippen LogP contribution is -2.60. The van der Waals surface area contributed by atoms with E-state index < -0.39 is 5.60 Å². The Morgan fingerprint density at radius 2 is 1.00 bits per heavy atom. The zero-order valence-corrected chi connectivity index (χ0v) is 47.5. The van der Waals surface area contributed by atoms with Crippen molar-refractivity contribution in [3.63, 3.8) is 0 Å². The minimum Gasteiger partial charge on any atom is -0.376 e. The maximum atomic E-state index is 13.4. The summed E-state index contributed by atoms with van der Waals surface area (Å²) in [6.45, 7) is 69.7. The van der Waals surface area contributed by atoms with Gasteiger partial charge in [0.15, 0.2) is 5.78 Å². The van der Waals surface area contributed by atoms with E-state index in [2.05, 4.69) is 195 Å². The van der Waals surface area contributed by atoms with Gasteiger partial charge in [-0.25, -0.2) is 0 Å². The van der Waals surface area contributed by atoms with Crippen LogP contribution in [-0.2, 0) is 19.0 Å². The lowest BCUT2D eigenvalue weighted by molar-refractivity contribution is -0.142. The molecule has 0 aromatic carbocycles.